The largest absolute Gasteiger partial charge is 0.340 e. The maximum atomic E-state index is 12.5. The third kappa shape index (κ3) is 3.42. The smallest absolute Gasteiger partial charge is 0.321 e. The fraction of sp³-hybridized carbons (Fsp3) is 0.625. The van der Waals surface area contributed by atoms with Crippen molar-refractivity contribution in [2.75, 3.05) is 5.32 Å². The molecule has 0 aliphatic heterocycles. The lowest BCUT2D eigenvalue weighted by atomic mass is 9.97. The Morgan fingerprint density at radius 2 is 2.17 bits per heavy atom. The van der Waals surface area contributed by atoms with Crippen molar-refractivity contribution in [1.29, 1.82) is 0 Å². The van der Waals surface area contributed by atoms with E-state index in [0.717, 1.165) is 32.2 Å². The Balaban J connectivity index is 1.72. The first kappa shape index (κ1) is 16.5. The van der Waals surface area contributed by atoms with Crippen LogP contribution >= 0.6 is 0 Å². The molecule has 2 aromatic heterocycles. The third-order valence-electron chi connectivity index (χ3n) is 4.26. The number of hydrogen-bond donors (Lipinski definition) is 2. The minimum absolute atomic E-state index is 0.273. The Bertz CT molecular complexity index is 699. The molecule has 0 saturated heterocycles. The Labute approximate surface area is 141 Å². The number of carbonyl (C=O) groups excluding carboxylic acids is 1. The van der Waals surface area contributed by atoms with Crippen LogP contribution in [0.15, 0.2) is 16.8 Å². The summed E-state index contributed by atoms with van der Waals surface area (Å²) in [5.41, 5.74) is -0.551. The number of aromatic nitrogens is 4. The quantitative estimate of drug-likeness (QED) is 0.877. The number of urea groups is 1. The highest BCUT2D eigenvalue weighted by Crippen LogP contribution is 2.37. The normalized spacial score (nSPS) is 16.5. The van der Waals surface area contributed by atoms with Gasteiger partial charge < -0.3 is 9.84 Å². The average molecular weight is 332 g/mol. The first-order valence-corrected chi connectivity index (χ1v) is 8.40. The summed E-state index contributed by atoms with van der Waals surface area (Å²) in [6.07, 6.45) is 5.36. The van der Waals surface area contributed by atoms with Gasteiger partial charge in [-0.05, 0) is 18.8 Å². The molecule has 0 radical (unpaired) electrons. The van der Waals surface area contributed by atoms with Crippen molar-refractivity contribution in [3.05, 3.63) is 24.0 Å². The molecule has 8 heteroatoms. The number of rotatable bonds is 5. The van der Waals surface area contributed by atoms with Crippen molar-refractivity contribution in [3.8, 4) is 0 Å². The van der Waals surface area contributed by atoms with Gasteiger partial charge >= 0.3 is 6.03 Å². The summed E-state index contributed by atoms with van der Waals surface area (Å²) in [4.78, 5) is 16.9. The molecular formula is C16H24N6O2. The second kappa shape index (κ2) is 6.62. The molecule has 2 aromatic rings. The van der Waals surface area contributed by atoms with Crippen LogP contribution < -0.4 is 10.6 Å². The monoisotopic (exact) mass is 332 g/mol. The van der Waals surface area contributed by atoms with Gasteiger partial charge in [0.05, 0.1) is 6.20 Å². The van der Waals surface area contributed by atoms with Crippen LogP contribution in [-0.4, -0.2) is 26.0 Å². The SMILES string of the molecule is Cc1nc(C2(NC(=O)Nc3ccnn3CC(C)C)CCCC2)no1. The lowest BCUT2D eigenvalue weighted by molar-refractivity contribution is 0.232. The van der Waals surface area contributed by atoms with Crippen LogP contribution in [0, 0.1) is 12.8 Å². The maximum Gasteiger partial charge on any atom is 0.321 e. The number of amides is 2. The lowest BCUT2D eigenvalue weighted by Crippen LogP contribution is -2.46. The first-order chi connectivity index (χ1) is 11.5. The molecule has 24 heavy (non-hydrogen) atoms. The van der Waals surface area contributed by atoms with Crippen molar-refractivity contribution in [1.82, 2.24) is 25.2 Å². The van der Waals surface area contributed by atoms with Crippen LogP contribution in [0.25, 0.3) is 0 Å². The number of carbonyl (C=O) groups is 1. The average Bonchev–Trinajstić information content (AvgIpc) is 3.22. The summed E-state index contributed by atoms with van der Waals surface area (Å²) in [7, 11) is 0. The molecule has 0 unspecified atom stereocenters. The van der Waals surface area contributed by atoms with Crippen LogP contribution in [0.2, 0.25) is 0 Å². The number of nitrogens with one attached hydrogen (secondary N) is 2. The van der Waals surface area contributed by atoms with Crippen molar-refractivity contribution in [2.45, 2.75) is 58.5 Å². The number of hydrogen-bond acceptors (Lipinski definition) is 5. The zero-order valence-corrected chi connectivity index (χ0v) is 14.4. The predicted molar refractivity (Wildman–Crippen MR) is 88.4 cm³/mol. The van der Waals surface area contributed by atoms with Crippen molar-refractivity contribution >= 4 is 11.8 Å². The molecule has 0 atom stereocenters. The fourth-order valence-electron chi connectivity index (χ4n) is 3.17. The maximum absolute atomic E-state index is 12.5. The minimum Gasteiger partial charge on any atom is -0.340 e. The molecule has 2 heterocycles. The molecule has 0 bridgehead atoms. The van der Waals surface area contributed by atoms with Gasteiger partial charge in [-0.2, -0.15) is 10.1 Å². The van der Waals surface area contributed by atoms with E-state index in [1.807, 2.05) is 0 Å². The molecular weight excluding hydrogens is 308 g/mol. The van der Waals surface area contributed by atoms with Crippen LogP contribution in [0.5, 0.6) is 0 Å². The molecule has 1 fully saturated rings. The summed E-state index contributed by atoms with van der Waals surface area (Å²) in [5.74, 6) is 2.19. The Hall–Kier alpha value is -2.38. The lowest BCUT2D eigenvalue weighted by Gasteiger charge is -2.26. The van der Waals surface area contributed by atoms with Crippen molar-refractivity contribution in [2.24, 2.45) is 5.92 Å². The van der Waals surface area contributed by atoms with Gasteiger partial charge in [-0.15, -0.1) is 0 Å². The van der Waals surface area contributed by atoms with Gasteiger partial charge in [0.2, 0.25) is 5.89 Å². The molecule has 0 aromatic carbocycles. The highest BCUT2D eigenvalue weighted by Gasteiger charge is 2.41. The molecule has 130 valence electrons. The predicted octanol–water partition coefficient (Wildman–Crippen LogP) is 2.82. The van der Waals surface area contributed by atoms with Crippen LogP contribution in [-0.2, 0) is 12.1 Å². The summed E-state index contributed by atoms with van der Waals surface area (Å²) < 4.78 is 6.90. The molecule has 2 N–H and O–H groups in total. The fourth-order valence-corrected chi connectivity index (χ4v) is 3.17. The van der Waals surface area contributed by atoms with Gasteiger partial charge in [0.15, 0.2) is 5.82 Å². The topological polar surface area (TPSA) is 97.9 Å². The summed E-state index contributed by atoms with van der Waals surface area (Å²) in [6, 6.07) is 1.52. The van der Waals surface area contributed by atoms with Crippen LogP contribution in [0.4, 0.5) is 10.6 Å². The van der Waals surface area contributed by atoms with Crippen LogP contribution in [0.1, 0.15) is 51.2 Å². The van der Waals surface area contributed by atoms with Gasteiger partial charge in [-0.1, -0.05) is 31.8 Å². The standard InChI is InChI=1S/C16H24N6O2/c1-11(2)10-22-13(6-9-17-22)19-15(23)20-16(7-4-5-8-16)14-18-12(3)24-21-14/h6,9,11H,4-5,7-8,10H2,1-3H3,(H2,19,20,23). The van der Waals surface area contributed by atoms with Gasteiger partial charge in [0.25, 0.3) is 0 Å². The summed E-state index contributed by atoms with van der Waals surface area (Å²) in [6.45, 7) is 6.72. The van der Waals surface area contributed by atoms with E-state index in [0.29, 0.717) is 23.5 Å². The van der Waals surface area contributed by atoms with E-state index < -0.39 is 5.54 Å². The van der Waals surface area contributed by atoms with Gasteiger partial charge in [0.1, 0.15) is 11.4 Å². The highest BCUT2D eigenvalue weighted by molar-refractivity contribution is 5.88. The van der Waals surface area contributed by atoms with E-state index in [-0.39, 0.29) is 6.03 Å². The first-order valence-electron chi connectivity index (χ1n) is 8.40. The zero-order valence-electron chi connectivity index (χ0n) is 14.4. The Morgan fingerprint density at radius 3 is 2.79 bits per heavy atom. The second-order valence-corrected chi connectivity index (χ2v) is 6.80. The second-order valence-electron chi connectivity index (χ2n) is 6.80. The van der Waals surface area contributed by atoms with Gasteiger partial charge in [0, 0.05) is 19.5 Å². The third-order valence-corrected chi connectivity index (χ3v) is 4.26. The van der Waals surface area contributed by atoms with Gasteiger partial charge in [-0.25, -0.2) is 9.48 Å². The van der Waals surface area contributed by atoms with E-state index in [9.17, 15) is 4.79 Å². The number of aryl methyl sites for hydroxylation is 1. The molecule has 1 aliphatic carbocycles. The van der Waals surface area contributed by atoms with E-state index in [2.05, 4.69) is 39.7 Å². The number of anilines is 1. The highest BCUT2D eigenvalue weighted by atomic mass is 16.5. The van der Waals surface area contributed by atoms with E-state index in [1.165, 1.54) is 0 Å². The zero-order chi connectivity index (χ0) is 17.2. The van der Waals surface area contributed by atoms with Crippen LogP contribution in [0.3, 0.4) is 0 Å². The summed E-state index contributed by atoms with van der Waals surface area (Å²) >= 11 is 0. The Kier molecular flexibility index (Phi) is 4.55. The summed E-state index contributed by atoms with van der Waals surface area (Å²) in [5, 5.41) is 14.2. The molecule has 1 saturated carbocycles. The molecule has 0 spiro atoms. The molecule has 2 amide bonds. The molecule has 3 rings (SSSR count). The minimum atomic E-state index is -0.551. The molecule has 1 aliphatic rings. The van der Waals surface area contributed by atoms with Crippen molar-refractivity contribution < 1.29 is 9.32 Å². The van der Waals surface area contributed by atoms with Crippen molar-refractivity contribution in [3.63, 3.8) is 0 Å². The van der Waals surface area contributed by atoms with E-state index in [1.54, 1.807) is 23.9 Å². The number of nitrogens with zero attached hydrogens (tertiary/aromatic N) is 4. The Morgan fingerprint density at radius 1 is 1.42 bits per heavy atom. The molecule has 8 nitrogen and oxygen atoms in total. The van der Waals surface area contributed by atoms with Gasteiger partial charge in [-0.3, -0.25) is 5.32 Å². The van der Waals surface area contributed by atoms with E-state index in [4.69, 9.17) is 4.52 Å². The van der Waals surface area contributed by atoms with E-state index >= 15 is 0 Å².